The second kappa shape index (κ2) is 9.04. The molecule has 31 heavy (non-hydrogen) atoms. The molecule has 4 aromatic rings. The first kappa shape index (κ1) is 21.3. The largest absolute Gasteiger partial charge is 0.506 e. The Morgan fingerprint density at radius 3 is 2.19 bits per heavy atom. The van der Waals surface area contributed by atoms with Crippen molar-refractivity contribution in [1.29, 1.82) is 0 Å². The lowest BCUT2D eigenvalue weighted by atomic mass is 10.1. The smallest absolute Gasteiger partial charge is 0.261 e. The lowest BCUT2D eigenvalue weighted by Gasteiger charge is -2.15. The zero-order chi connectivity index (χ0) is 21.8. The highest BCUT2D eigenvalue weighted by Gasteiger charge is 2.19. The van der Waals surface area contributed by atoms with Gasteiger partial charge in [-0.15, -0.1) is 0 Å². The quantitative estimate of drug-likeness (QED) is 0.318. The van der Waals surface area contributed by atoms with Crippen molar-refractivity contribution in [3.8, 4) is 5.75 Å². The molecule has 0 atom stereocenters. The van der Waals surface area contributed by atoms with Crippen molar-refractivity contribution in [2.75, 3.05) is 4.72 Å². The summed E-state index contributed by atoms with van der Waals surface area (Å²) in [6.07, 6.45) is 1.92. The van der Waals surface area contributed by atoms with Crippen LogP contribution < -0.4 is 4.72 Å². The molecule has 0 aliphatic rings. The first-order chi connectivity index (χ1) is 15.0. The number of rotatable bonds is 7. The molecule has 6 heteroatoms. The summed E-state index contributed by atoms with van der Waals surface area (Å²) in [5.41, 5.74) is 1.54. The summed E-state index contributed by atoms with van der Waals surface area (Å²) in [5, 5.41) is 12.1. The molecule has 0 radical (unpaired) electrons. The number of phenols is 1. The first-order valence-electron chi connectivity index (χ1n) is 10.1. The molecule has 0 bridgehead atoms. The minimum absolute atomic E-state index is 0.135. The van der Waals surface area contributed by atoms with Crippen molar-refractivity contribution in [2.45, 2.75) is 34.5 Å². The Hall–Kier alpha value is -2.96. The fourth-order valence-electron chi connectivity index (χ4n) is 3.44. The van der Waals surface area contributed by atoms with Gasteiger partial charge < -0.3 is 5.11 Å². The lowest BCUT2D eigenvalue weighted by Crippen LogP contribution is -2.13. The summed E-state index contributed by atoms with van der Waals surface area (Å²) < 4.78 is 28.9. The molecular formula is C25H23NO3S2. The Balaban J connectivity index is 1.74. The van der Waals surface area contributed by atoms with Crippen molar-refractivity contribution in [3.05, 3.63) is 90.5 Å². The van der Waals surface area contributed by atoms with Crippen LogP contribution in [0.25, 0.3) is 10.8 Å². The summed E-state index contributed by atoms with van der Waals surface area (Å²) in [6.45, 7) is 2.09. The van der Waals surface area contributed by atoms with Crippen LogP contribution in [0.15, 0.2) is 99.6 Å². The van der Waals surface area contributed by atoms with Crippen molar-refractivity contribution >= 4 is 38.2 Å². The summed E-state index contributed by atoms with van der Waals surface area (Å²) >= 11 is 1.39. The van der Waals surface area contributed by atoms with E-state index in [2.05, 4.69) is 11.6 Å². The van der Waals surface area contributed by atoms with E-state index < -0.39 is 10.0 Å². The first-order valence-corrected chi connectivity index (χ1v) is 12.4. The number of phenolic OH excluding ortho intramolecular Hbond substituents is 1. The fraction of sp³-hybridized carbons (Fsp3) is 0.120. The van der Waals surface area contributed by atoms with E-state index in [1.807, 2.05) is 54.6 Å². The maximum absolute atomic E-state index is 13.1. The van der Waals surface area contributed by atoms with E-state index in [0.717, 1.165) is 23.3 Å². The molecule has 158 valence electrons. The highest BCUT2D eigenvalue weighted by Crippen LogP contribution is 2.42. The average molecular weight is 450 g/mol. The SMILES string of the molecule is CCCc1ccc(S(=O)(=O)Nc2cc(Sc3ccccc3)c(O)c3ccccc23)cc1. The van der Waals surface area contributed by atoms with Crippen LogP contribution in [0.2, 0.25) is 0 Å². The molecule has 0 heterocycles. The molecule has 2 N–H and O–H groups in total. The number of nitrogens with one attached hydrogen (secondary N) is 1. The van der Waals surface area contributed by atoms with Crippen molar-refractivity contribution in [3.63, 3.8) is 0 Å². The maximum Gasteiger partial charge on any atom is 0.261 e. The third-order valence-corrected chi connectivity index (χ3v) is 7.39. The molecule has 4 rings (SSSR count). The van der Waals surface area contributed by atoms with E-state index >= 15 is 0 Å². The minimum atomic E-state index is -3.78. The highest BCUT2D eigenvalue weighted by molar-refractivity contribution is 7.99. The Morgan fingerprint density at radius 1 is 0.871 bits per heavy atom. The molecule has 4 nitrogen and oxygen atoms in total. The van der Waals surface area contributed by atoms with Crippen molar-refractivity contribution in [1.82, 2.24) is 0 Å². The van der Waals surface area contributed by atoms with Gasteiger partial charge >= 0.3 is 0 Å². The van der Waals surface area contributed by atoms with Gasteiger partial charge in [0, 0.05) is 15.7 Å². The fourth-order valence-corrected chi connectivity index (χ4v) is 5.44. The topological polar surface area (TPSA) is 66.4 Å². The van der Waals surface area contributed by atoms with E-state index in [0.29, 0.717) is 21.4 Å². The van der Waals surface area contributed by atoms with Crippen LogP contribution in [0.5, 0.6) is 5.75 Å². The molecule has 0 saturated heterocycles. The standard InChI is InChI=1S/C25H23NO3S2/c1-2-8-18-13-15-20(16-14-18)31(28,29)26-23-17-24(30-19-9-4-3-5-10-19)25(27)22-12-7-6-11-21(22)23/h3-7,9-17,26-27H,2,8H2,1H3. The minimum Gasteiger partial charge on any atom is -0.506 e. The summed E-state index contributed by atoms with van der Waals surface area (Å²) in [6, 6.07) is 25.6. The number of anilines is 1. The predicted octanol–water partition coefficient (Wildman–Crippen LogP) is 6.45. The number of aryl methyl sites for hydroxylation is 1. The van der Waals surface area contributed by atoms with Crippen LogP contribution in [0.1, 0.15) is 18.9 Å². The molecule has 0 unspecified atom stereocenters. The van der Waals surface area contributed by atoms with Gasteiger partial charge in [-0.2, -0.15) is 0 Å². The van der Waals surface area contributed by atoms with Gasteiger partial charge in [-0.3, -0.25) is 4.72 Å². The van der Waals surface area contributed by atoms with Crippen LogP contribution in [-0.4, -0.2) is 13.5 Å². The number of aromatic hydroxyl groups is 1. The third-order valence-electron chi connectivity index (χ3n) is 4.97. The van der Waals surface area contributed by atoms with Crippen LogP contribution in [-0.2, 0) is 16.4 Å². The van der Waals surface area contributed by atoms with Crippen LogP contribution in [0, 0.1) is 0 Å². The third kappa shape index (κ3) is 4.70. The van der Waals surface area contributed by atoms with E-state index in [1.54, 1.807) is 30.3 Å². The van der Waals surface area contributed by atoms with Crippen LogP contribution >= 0.6 is 11.8 Å². The predicted molar refractivity (Wildman–Crippen MR) is 127 cm³/mol. The zero-order valence-electron chi connectivity index (χ0n) is 17.1. The summed E-state index contributed by atoms with van der Waals surface area (Å²) in [4.78, 5) is 1.75. The van der Waals surface area contributed by atoms with Gasteiger partial charge in [0.25, 0.3) is 10.0 Å². The number of sulfonamides is 1. The molecule has 0 fully saturated rings. The Morgan fingerprint density at radius 2 is 1.52 bits per heavy atom. The van der Waals surface area contributed by atoms with E-state index in [-0.39, 0.29) is 10.6 Å². The van der Waals surface area contributed by atoms with Gasteiger partial charge in [-0.1, -0.05) is 79.7 Å². The van der Waals surface area contributed by atoms with E-state index in [4.69, 9.17) is 0 Å². The molecule has 0 amide bonds. The Labute approximate surface area is 187 Å². The number of fused-ring (bicyclic) bond motifs is 1. The van der Waals surface area contributed by atoms with Gasteiger partial charge in [0.15, 0.2) is 0 Å². The van der Waals surface area contributed by atoms with Gasteiger partial charge in [0.2, 0.25) is 0 Å². The van der Waals surface area contributed by atoms with Crippen molar-refractivity contribution in [2.24, 2.45) is 0 Å². The van der Waals surface area contributed by atoms with Crippen LogP contribution in [0.3, 0.4) is 0 Å². The number of hydrogen-bond acceptors (Lipinski definition) is 4. The second-order valence-electron chi connectivity index (χ2n) is 7.23. The summed E-state index contributed by atoms with van der Waals surface area (Å²) in [5.74, 6) is 0.135. The van der Waals surface area contributed by atoms with E-state index in [9.17, 15) is 13.5 Å². The molecular weight excluding hydrogens is 426 g/mol. The molecule has 0 aromatic heterocycles. The average Bonchev–Trinajstić information content (AvgIpc) is 2.78. The second-order valence-corrected chi connectivity index (χ2v) is 10.0. The molecule has 4 aromatic carbocycles. The van der Waals surface area contributed by atoms with E-state index in [1.165, 1.54) is 11.8 Å². The normalized spacial score (nSPS) is 11.5. The Kier molecular flexibility index (Phi) is 6.20. The molecule has 0 aliphatic heterocycles. The van der Waals surface area contributed by atoms with Gasteiger partial charge in [-0.05, 0) is 42.3 Å². The number of hydrogen-bond donors (Lipinski definition) is 2. The van der Waals surface area contributed by atoms with Gasteiger partial charge in [0.1, 0.15) is 5.75 Å². The monoisotopic (exact) mass is 449 g/mol. The van der Waals surface area contributed by atoms with Crippen molar-refractivity contribution < 1.29 is 13.5 Å². The van der Waals surface area contributed by atoms with Gasteiger partial charge in [0.05, 0.1) is 15.5 Å². The van der Waals surface area contributed by atoms with Crippen LogP contribution in [0.4, 0.5) is 5.69 Å². The molecule has 0 aliphatic carbocycles. The maximum atomic E-state index is 13.1. The Bertz CT molecular complexity index is 1300. The van der Waals surface area contributed by atoms with Gasteiger partial charge in [-0.25, -0.2) is 8.42 Å². The highest BCUT2D eigenvalue weighted by atomic mass is 32.2. The zero-order valence-corrected chi connectivity index (χ0v) is 18.7. The number of benzene rings is 4. The molecule has 0 spiro atoms. The lowest BCUT2D eigenvalue weighted by molar-refractivity contribution is 0.469. The molecule has 0 saturated carbocycles. The summed E-state index contributed by atoms with van der Waals surface area (Å²) in [7, 11) is -3.78.